The van der Waals surface area contributed by atoms with Crippen LogP contribution in [0.2, 0.25) is 5.04 Å². The highest BCUT2D eigenvalue weighted by Gasteiger charge is 2.50. The molecule has 6 aromatic rings. The molecule has 7 nitrogen and oxygen atoms in total. The third kappa shape index (κ3) is 10.4. The van der Waals surface area contributed by atoms with Crippen molar-refractivity contribution in [2.75, 3.05) is 26.3 Å². The standard InChI is InChI=1S/C56H64N2O5Si/c1-54(2,3)64(48-30-16-10-17-31-48,49-32-18-11-19-33-49)63-41-39-58(56(6,7)46-28-14-9-15-29-46)52(61)50-34-22-20-24-43(50)36-37-47(60)42-44-25-21-23-35-51(44)53(62)57(38-40-59)55(4,5)45-26-12-8-13-27-45/h8-35,59H,36-42H2,1-7H3. The minimum absolute atomic E-state index is 0.0429. The highest BCUT2D eigenvalue weighted by Crippen LogP contribution is 2.38. The number of rotatable bonds is 19. The lowest BCUT2D eigenvalue weighted by Crippen LogP contribution is -2.67. The lowest BCUT2D eigenvalue weighted by Gasteiger charge is -2.44. The van der Waals surface area contributed by atoms with E-state index in [1.54, 1.807) is 17.0 Å². The highest BCUT2D eigenvalue weighted by molar-refractivity contribution is 6.99. The molecular weight excluding hydrogens is 809 g/mol. The summed E-state index contributed by atoms with van der Waals surface area (Å²) in [4.78, 5) is 47.0. The average Bonchev–Trinajstić information content (AvgIpc) is 3.30. The summed E-state index contributed by atoms with van der Waals surface area (Å²) in [6, 6.07) is 55.7. The molecule has 0 bridgehead atoms. The van der Waals surface area contributed by atoms with E-state index in [2.05, 4.69) is 95.3 Å². The van der Waals surface area contributed by atoms with Crippen molar-refractivity contribution in [3.63, 3.8) is 0 Å². The molecule has 0 saturated carbocycles. The summed E-state index contributed by atoms with van der Waals surface area (Å²) in [6.07, 6.45) is 0.595. The molecule has 6 aromatic carbocycles. The SMILES string of the molecule is CC(C)(c1ccccc1)N(CCO[Si](c1ccccc1)(c1ccccc1)C(C)(C)C)C(=O)c1ccccc1CCC(=O)Cc1ccccc1C(=O)N(CCO)C(C)(C)c1ccccc1. The maximum absolute atomic E-state index is 15.2. The fraction of sp³-hybridized carbons (Fsp3) is 0.304. The van der Waals surface area contributed by atoms with Crippen LogP contribution in [0.4, 0.5) is 0 Å². The minimum Gasteiger partial charge on any atom is -0.406 e. The van der Waals surface area contributed by atoms with Gasteiger partial charge < -0.3 is 19.3 Å². The van der Waals surface area contributed by atoms with Crippen molar-refractivity contribution in [2.24, 2.45) is 0 Å². The minimum atomic E-state index is -2.89. The Kier molecular flexibility index (Phi) is 15.4. The maximum Gasteiger partial charge on any atom is 0.261 e. The lowest BCUT2D eigenvalue weighted by atomic mass is 9.90. The van der Waals surface area contributed by atoms with Gasteiger partial charge in [-0.05, 0) is 83.9 Å². The molecule has 0 spiro atoms. The second kappa shape index (κ2) is 20.7. The third-order valence-electron chi connectivity index (χ3n) is 12.7. The van der Waals surface area contributed by atoms with Crippen LogP contribution in [0.5, 0.6) is 0 Å². The number of aliphatic hydroxyl groups excluding tert-OH is 1. The summed E-state index contributed by atoms with van der Waals surface area (Å²) in [5, 5.41) is 12.2. The molecule has 1 N–H and O–H groups in total. The van der Waals surface area contributed by atoms with Gasteiger partial charge >= 0.3 is 0 Å². The van der Waals surface area contributed by atoms with Crippen molar-refractivity contribution in [1.29, 1.82) is 0 Å². The van der Waals surface area contributed by atoms with Crippen LogP contribution < -0.4 is 10.4 Å². The zero-order chi connectivity index (χ0) is 46.0. The van der Waals surface area contributed by atoms with Crippen LogP contribution in [0, 0.1) is 0 Å². The van der Waals surface area contributed by atoms with Gasteiger partial charge in [-0.25, -0.2) is 0 Å². The van der Waals surface area contributed by atoms with Crippen molar-refractivity contribution >= 4 is 36.3 Å². The zero-order valence-corrected chi connectivity index (χ0v) is 39.6. The Morgan fingerprint density at radius 2 is 0.906 bits per heavy atom. The molecule has 0 fully saturated rings. The van der Waals surface area contributed by atoms with E-state index < -0.39 is 19.4 Å². The van der Waals surface area contributed by atoms with E-state index in [4.69, 9.17) is 4.43 Å². The first kappa shape index (κ1) is 47.5. The summed E-state index contributed by atoms with van der Waals surface area (Å²) in [7, 11) is -2.89. The molecule has 0 aliphatic rings. The van der Waals surface area contributed by atoms with Crippen LogP contribution >= 0.6 is 0 Å². The largest absolute Gasteiger partial charge is 0.406 e. The molecule has 0 saturated heterocycles. The van der Waals surface area contributed by atoms with Gasteiger partial charge in [-0.3, -0.25) is 14.4 Å². The van der Waals surface area contributed by atoms with Crippen molar-refractivity contribution in [3.05, 3.63) is 203 Å². The fourth-order valence-electron chi connectivity index (χ4n) is 9.12. The third-order valence-corrected chi connectivity index (χ3v) is 17.8. The van der Waals surface area contributed by atoms with Crippen LogP contribution in [-0.2, 0) is 33.1 Å². The highest BCUT2D eigenvalue weighted by atomic mass is 28.4. The Morgan fingerprint density at radius 1 is 0.516 bits per heavy atom. The van der Waals surface area contributed by atoms with Gasteiger partial charge in [-0.1, -0.05) is 178 Å². The number of ketones is 1. The number of hydrogen-bond acceptors (Lipinski definition) is 5. The molecule has 0 aliphatic carbocycles. The number of amides is 2. The van der Waals surface area contributed by atoms with Gasteiger partial charge in [0.15, 0.2) is 0 Å². The van der Waals surface area contributed by atoms with E-state index in [1.165, 1.54) is 10.4 Å². The number of nitrogens with zero attached hydrogens (tertiary/aromatic N) is 2. The van der Waals surface area contributed by atoms with Gasteiger partial charge in [0.1, 0.15) is 5.78 Å². The molecule has 0 unspecified atom stereocenters. The number of aryl methyl sites for hydroxylation is 1. The Morgan fingerprint density at radius 3 is 1.36 bits per heavy atom. The summed E-state index contributed by atoms with van der Waals surface area (Å²) in [5.74, 6) is -0.426. The molecule has 332 valence electrons. The van der Waals surface area contributed by atoms with Crippen molar-refractivity contribution in [2.45, 2.75) is 83.8 Å². The number of carbonyl (C=O) groups is 3. The van der Waals surface area contributed by atoms with Gasteiger partial charge in [0.05, 0.1) is 24.3 Å². The molecule has 0 heterocycles. The number of aliphatic hydroxyl groups is 1. The normalized spacial score (nSPS) is 12.1. The molecular formula is C56H64N2O5Si. The van der Waals surface area contributed by atoms with Crippen LogP contribution in [0.25, 0.3) is 0 Å². The van der Waals surface area contributed by atoms with Crippen molar-refractivity contribution < 1.29 is 23.9 Å². The predicted octanol–water partition coefficient (Wildman–Crippen LogP) is 9.75. The number of Topliss-reactive ketones (excluding diaryl/α,β-unsaturated/α-hetero) is 1. The second-order valence-corrected chi connectivity index (χ2v) is 22.8. The predicted molar refractivity (Wildman–Crippen MR) is 262 cm³/mol. The quantitative estimate of drug-likeness (QED) is 0.0820. The molecule has 0 radical (unpaired) electrons. The first-order chi connectivity index (χ1) is 30.6. The van der Waals surface area contributed by atoms with E-state index in [-0.39, 0.29) is 48.6 Å². The molecule has 2 amide bonds. The monoisotopic (exact) mass is 872 g/mol. The van der Waals surface area contributed by atoms with Crippen molar-refractivity contribution in [1.82, 2.24) is 9.80 Å². The number of carbonyl (C=O) groups excluding carboxylic acids is 3. The maximum atomic E-state index is 15.2. The van der Waals surface area contributed by atoms with E-state index in [0.717, 1.165) is 16.7 Å². The molecule has 0 aromatic heterocycles. The topological polar surface area (TPSA) is 87.2 Å². The van der Waals surface area contributed by atoms with Crippen LogP contribution in [0.3, 0.4) is 0 Å². The van der Waals surface area contributed by atoms with Gasteiger partial charge in [0.2, 0.25) is 0 Å². The summed E-state index contributed by atoms with van der Waals surface area (Å²) in [5.41, 5.74) is 2.90. The summed E-state index contributed by atoms with van der Waals surface area (Å²) >= 11 is 0. The van der Waals surface area contributed by atoms with Gasteiger partial charge in [-0.15, -0.1) is 0 Å². The number of benzene rings is 6. The molecule has 0 atom stereocenters. The molecule has 6 rings (SSSR count). The fourth-order valence-corrected chi connectivity index (χ4v) is 13.7. The van der Waals surface area contributed by atoms with E-state index >= 15 is 4.79 Å². The van der Waals surface area contributed by atoms with Crippen LogP contribution in [-0.4, -0.2) is 67.1 Å². The Hall–Kier alpha value is -5.93. The molecule has 0 aliphatic heterocycles. The Bertz CT molecular complexity index is 2430. The lowest BCUT2D eigenvalue weighted by molar-refractivity contribution is -0.118. The summed E-state index contributed by atoms with van der Waals surface area (Å²) in [6.45, 7) is 15.4. The van der Waals surface area contributed by atoms with Crippen LogP contribution in [0.15, 0.2) is 170 Å². The number of hydrogen-bond donors (Lipinski definition) is 1. The summed E-state index contributed by atoms with van der Waals surface area (Å²) < 4.78 is 7.34. The van der Waals surface area contributed by atoms with Gasteiger partial charge in [0.25, 0.3) is 20.1 Å². The van der Waals surface area contributed by atoms with Gasteiger partial charge in [-0.2, -0.15) is 0 Å². The van der Waals surface area contributed by atoms with Crippen LogP contribution in [0.1, 0.15) is 97.9 Å². The molecule has 8 heteroatoms. The zero-order valence-electron chi connectivity index (χ0n) is 38.6. The Labute approximate surface area is 381 Å². The first-order valence-corrected chi connectivity index (χ1v) is 24.3. The van der Waals surface area contributed by atoms with E-state index in [0.29, 0.717) is 36.3 Å². The van der Waals surface area contributed by atoms with Gasteiger partial charge in [0, 0.05) is 37.1 Å². The smallest absolute Gasteiger partial charge is 0.261 e. The van der Waals surface area contributed by atoms with E-state index in [1.807, 2.05) is 116 Å². The van der Waals surface area contributed by atoms with Crippen molar-refractivity contribution in [3.8, 4) is 0 Å². The second-order valence-electron chi connectivity index (χ2n) is 18.5. The van der Waals surface area contributed by atoms with E-state index in [9.17, 15) is 14.7 Å². The molecule has 64 heavy (non-hydrogen) atoms. The average molecular weight is 873 g/mol. The first-order valence-electron chi connectivity index (χ1n) is 22.4. The Balaban J connectivity index is 1.25.